The number of para-hydroxylation sites is 2. The van der Waals surface area contributed by atoms with Gasteiger partial charge in [-0.25, -0.2) is 9.59 Å². The third-order valence-electron chi connectivity index (χ3n) is 5.40. The smallest absolute Gasteiger partial charge is 0.351 e. The summed E-state index contributed by atoms with van der Waals surface area (Å²) < 4.78 is 23.0. The van der Waals surface area contributed by atoms with Gasteiger partial charge in [-0.2, -0.15) is 0 Å². The lowest BCUT2D eigenvalue weighted by atomic mass is 10.1. The number of carbonyl (C=O) groups is 3. The molecule has 2 aromatic carbocycles. The van der Waals surface area contributed by atoms with E-state index in [4.69, 9.17) is 18.9 Å². The number of ketones is 1. The Morgan fingerprint density at radius 3 is 2.42 bits per heavy atom. The second kappa shape index (κ2) is 9.20. The molecule has 0 bridgehead atoms. The molecule has 0 aliphatic carbocycles. The zero-order valence-electron chi connectivity index (χ0n) is 18.5. The number of rotatable bonds is 6. The number of ether oxygens (including phenoxy) is 4. The van der Waals surface area contributed by atoms with E-state index in [1.165, 1.54) is 7.11 Å². The average molecular weight is 449 g/mol. The third-order valence-corrected chi connectivity index (χ3v) is 5.40. The number of nitrogens with zero attached hydrogens (tertiary/aromatic N) is 1. The highest BCUT2D eigenvalue weighted by molar-refractivity contribution is 5.99. The van der Waals surface area contributed by atoms with E-state index in [0.29, 0.717) is 28.3 Å². The molecule has 0 spiro atoms. The topological polar surface area (TPSA) is 93.1 Å². The highest BCUT2D eigenvalue weighted by atomic mass is 16.6. The van der Waals surface area contributed by atoms with Gasteiger partial charge in [-0.1, -0.05) is 12.1 Å². The van der Waals surface area contributed by atoms with Crippen LogP contribution in [0.5, 0.6) is 11.5 Å². The van der Waals surface area contributed by atoms with Gasteiger partial charge in [0, 0.05) is 22.6 Å². The van der Waals surface area contributed by atoms with Crippen molar-refractivity contribution in [2.75, 3.05) is 20.3 Å². The lowest BCUT2D eigenvalue weighted by Gasteiger charge is -2.24. The molecule has 1 unspecified atom stereocenters. The number of hydrogen-bond acceptors (Lipinski definition) is 7. The number of methoxy groups -OCH3 is 1. The monoisotopic (exact) mass is 449 g/mol. The van der Waals surface area contributed by atoms with Gasteiger partial charge in [0.05, 0.1) is 12.7 Å². The molecule has 33 heavy (non-hydrogen) atoms. The van der Waals surface area contributed by atoms with E-state index in [2.05, 4.69) is 0 Å². The van der Waals surface area contributed by atoms with Crippen molar-refractivity contribution in [3.05, 3.63) is 77.1 Å². The minimum atomic E-state index is -0.937. The number of fused-ring (bicyclic) bond motifs is 1. The fourth-order valence-corrected chi connectivity index (χ4v) is 3.75. The summed E-state index contributed by atoms with van der Waals surface area (Å²) in [6, 6.07) is 15.7. The van der Waals surface area contributed by atoms with Crippen molar-refractivity contribution in [3.8, 4) is 17.2 Å². The van der Waals surface area contributed by atoms with Crippen LogP contribution >= 0.6 is 0 Å². The maximum Gasteiger partial charge on any atom is 0.351 e. The minimum absolute atomic E-state index is 0.0140. The van der Waals surface area contributed by atoms with Gasteiger partial charge in [-0.15, -0.1) is 0 Å². The van der Waals surface area contributed by atoms with Crippen molar-refractivity contribution in [3.63, 3.8) is 0 Å². The van der Waals surface area contributed by atoms with Crippen LogP contribution in [0.1, 0.15) is 32.1 Å². The standard InChI is InChI=1S/C25H23NO7/c1-15-12-19(16(2)26(15)18-10-8-17(9-11-18)24(28)30-3)20(27)13-32-25(29)23-14-31-21-6-4-5-7-22(21)33-23/h4-12,23H,13-14H2,1-3H3. The van der Waals surface area contributed by atoms with Crippen LogP contribution in [0.4, 0.5) is 0 Å². The van der Waals surface area contributed by atoms with Gasteiger partial charge in [0.2, 0.25) is 11.9 Å². The van der Waals surface area contributed by atoms with E-state index in [9.17, 15) is 14.4 Å². The van der Waals surface area contributed by atoms with Crippen molar-refractivity contribution in [1.29, 1.82) is 0 Å². The number of Topliss-reactive ketones (excluding diaryl/α,β-unsaturated/α-hetero) is 1. The Hall–Kier alpha value is -4.07. The first-order valence-electron chi connectivity index (χ1n) is 10.3. The van der Waals surface area contributed by atoms with E-state index < -0.39 is 24.6 Å². The van der Waals surface area contributed by atoms with Crippen LogP contribution in [-0.4, -0.2) is 48.7 Å². The lowest BCUT2D eigenvalue weighted by Crippen LogP contribution is -2.38. The molecule has 2 heterocycles. The van der Waals surface area contributed by atoms with Gasteiger partial charge >= 0.3 is 11.9 Å². The highest BCUT2D eigenvalue weighted by Gasteiger charge is 2.29. The molecule has 1 aromatic heterocycles. The number of hydrogen-bond donors (Lipinski definition) is 0. The molecule has 8 nitrogen and oxygen atoms in total. The van der Waals surface area contributed by atoms with Crippen molar-refractivity contribution >= 4 is 17.7 Å². The molecule has 8 heteroatoms. The first-order chi connectivity index (χ1) is 15.9. The third kappa shape index (κ3) is 4.45. The van der Waals surface area contributed by atoms with E-state index in [-0.39, 0.29) is 12.4 Å². The molecule has 1 atom stereocenters. The Balaban J connectivity index is 1.43. The van der Waals surface area contributed by atoms with E-state index >= 15 is 0 Å². The van der Waals surface area contributed by atoms with Gasteiger partial charge in [-0.3, -0.25) is 4.79 Å². The van der Waals surface area contributed by atoms with Crippen LogP contribution in [0.2, 0.25) is 0 Å². The van der Waals surface area contributed by atoms with Gasteiger partial charge < -0.3 is 23.5 Å². The molecule has 170 valence electrons. The van der Waals surface area contributed by atoms with Gasteiger partial charge in [0.15, 0.2) is 18.1 Å². The van der Waals surface area contributed by atoms with Crippen molar-refractivity contribution in [1.82, 2.24) is 4.57 Å². The van der Waals surface area contributed by atoms with Crippen LogP contribution in [0.3, 0.4) is 0 Å². The number of aromatic nitrogens is 1. The van der Waals surface area contributed by atoms with Gasteiger partial charge in [0.1, 0.15) is 6.61 Å². The van der Waals surface area contributed by atoms with E-state index in [1.807, 2.05) is 24.5 Å². The molecule has 1 aliphatic rings. The second-order valence-electron chi connectivity index (χ2n) is 7.55. The lowest BCUT2D eigenvalue weighted by molar-refractivity contribution is -0.153. The summed E-state index contributed by atoms with van der Waals surface area (Å²) in [6.45, 7) is 3.28. The molecule has 1 aliphatic heterocycles. The zero-order valence-corrected chi connectivity index (χ0v) is 18.5. The van der Waals surface area contributed by atoms with E-state index in [0.717, 1.165) is 11.4 Å². The van der Waals surface area contributed by atoms with Crippen molar-refractivity contribution in [2.24, 2.45) is 0 Å². The molecule has 4 rings (SSSR count). The van der Waals surface area contributed by atoms with Crippen molar-refractivity contribution in [2.45, 2.75) is 20.0 Å². The summed E-state index contributed by atoms with van der Waals surface area (Å²) in [7, 11) is 1.33. The molecule has 0 amide bonds. The Labute approximate surface area is 190 Å². The number of esters is 2. The minimum Gasteiger partial charge on any atom is -0.485 e. The summed E-state index contributed by atoms with van der Waals surface area (Å²) in [6.07, 6.45) is -0.937. The largest absolute Gasteiger partial charge is 0.485 e. The summed E-state index contributed by atoms with van der Waals surface area (Å²) >= 11 is 0. The normalized spacial score (nSPS) is 14.5. The second-order valence-corrected chi connectivity index (χ2v) is 7.55. The van der Waals surface area contributed by atoms with Crippen LogP contribution in [0, 0.1) is 13.8 Å². The van der Waals surface area contributed by atoms with Crippen LogP contribution in [0.25, 0.3) is 5.69 Å². The van der Waals surface area contributed by atoms with E-state index in [1.54, 1.807) is 48.5 Å². The molecular formula is C25H23NO7. The zero-order chi connectivity index (χ0) is 23.5. The number of carbonyl (C=O) groups excluding carboxylic acids is 3. The highest BCUT2D eigenvalue weighted by Crippen LogP contribution is 2.31. The fraction of sp³-hybridized carbons (Fsp3) is 0.240. The summed E-state index contributed by atoms with van der Waals surface area (Å²) in [5.74, 6) is -0.393. The maximum absolute atomic E-state index is 12.8. The Morgan fingerprint density at radius 2 is 1.73 bits per heavy atom. The first kappa shape index (κ1) is 22.1. The van der Waals surface area contributed by atoms with Crippen LogP contribution in [-0.2, 0) is 14.3 Å². The Bertz CT molecular complexity index is 1210. The summed E-state index contributed by atoms with van der Waals surface area (Å²) in [5, 5.41) is 0. The average Bonchev–Trinajstić information content (AvgIpc) is 3.15. The van der Waals surface area contributed by atoms with Gasteiger partial charge in [-0.05, 0) is 56.3 Å². The molecule has 0 fully saturated rings. The number of aryl methyl sites for hydroxylation is 1. The predicted octanol–water partition coefficient (Wildman–Crippen LogP) is 3.45. The summed E-state index contributed by atoms with van der Waals surface area (Å²) in [5.41, 5.74) is 3.20. The molecule has 0 radical (unpaired) electrons. The molecular weight excluding hydrogens is 426 g/mol. The number of benzene rings is 2. The Kier molecular flexibility index (Phi) is 6.17. The molecule has 0 N–H and O–H groups in total. The van der Waals surface area contributed by atoms with Crippen LogP contribution in [0.15, 0.2) is 54.6 Å². The molecule has 3 aromatic rings. The molecule has 0 saturated carbocycles. The fourth-order valence-electron chi connectivity index (χ4n) is 3.75. The summed E-state index contributed by atoms with van der Waals surface area (Å²) in [4.78, 5) is 36.9. The quantitative estimate of drug-likeness (QED) is 0.420. The van der Waals surface area contributed by atoms with Gasteiger partial charge in [0.25, 0.3) is 0 Å². The predicted molar refractivity (Wildman–Crippen MR) is 118 cm³/mol. The molecule has 0 saturated heterocycles. The van der Waals surface area contributed by atoms with Crippen molar-refractivity contribution < 1.29 is 33.3 Å². The van der Waals surface area contributed by atoms with Crippen LogP contribution < -0.4 is 9.47 Å². The Morgan fingerprint density at radius 1 is 1.03 bits per heavy atom. The SMILES string of the molecule is COC(=O)c1ccc(-n2c(C)cc(C(=O)COC(=O)C3COc4ccccc4O3)c2C)cc1. The first-order valence-corrected chi connectivity index (χ1v) is 10.3. The maximum atomic E-state index is 12.8.